The number of primary amides is 1. The van der Waals surface area contributed by atoms with Gasteiger partial charge >= 0.3 is 0 Å². The number of rotatable bonds is 6. The third-order valence-electron chi connectivity index (χ3n) is 2.90. The maximum Gasteiger partial charge on any atom is 0.244 e. The lowest BCUT2D eigenvalue weighted by molar-refractivity contribution is -0.119. The van der Waals surface area contributed by atoms with E-state index in [1.165, 1.54) is 14.0 Å². The molecule has 6 nitrogen and oxygen atoms in total. The molecule has 1 aromatic rings. The van der Waals surface area contributed by atoms with Gasteiger partial charge in [-0.2, -0.15) is 4.72 Å². The second-order valence-corrected chi connectivity index (χ2v) is 6.49. The molecule has 0 aromatic heterocycles. The number of carbonyl (C=O) groups is 1. The highest BCUT2D eigenvalue weighted by Gasteiger charge is 2.24. The van der Waals surface area contributed by atoms with Crippen LogP contribution in [0.2, 0.25) is 0 Å². The summed E-state index contributed by atoms with van der Waals surface area (Å²) in [7, 11) is -2.49. The van der Waals surface area contributed by atoms with Crippen molar-refractivity contribution in [3.63, 3.8) is 0 Å². The summed E-state index contributed by atoms with van der Waals surface area (Å²) < 4.78 is 31.9. The van der Waals surface area contributed by atoms with Crippen molar-refractivity contribution in [3.8, 4) is 5.75 Å². The van der Waals surface area contributed by atoms with E-state index >= 15 is 0 Å². The van der Waals surface area contributed by atoms with Crippen LogP contribution in [-0.2, 0) is 14.8 Å². The predicted molar refractivity (Wildman–Crippen MR) is 76.1 cm³/mol. The molecule has 0 aliphatic heterocycles. The summed E-state index contributed by atoms with van der Waals surface area (Å²) in [5.41, 5.74) is 5.93. The molecule has 1 amide bonds. The first kappa shape index (κ1) is 16.5. The van der Waals surface area contributed by atoms with Crippen LogP contribution in [0.1, 0.15) is 32.3 Å². The van der Waals surface area contributed by atoms with E-state index in [1.54, 1.807) is 18.2 Å². The van der Waals surface area contributed by atoms with Crippen LogP contribution in [-0.4, -0.2) is 27.5 Å². The Morgan fingerprint density at radius 3 is 2.35 bits per heavy atom. The lowest BCUT2D eigenvalue weighted by Crippen LogP contribution is -2.42. The Hall–Kier alpha value is -1.60. The molecular formula is C13H20N2O4S. The van der Waals surface area contributed by atoms with Gasteiger partial charge in [-0.1, -0.05) is 19.9 Å². The highest BCUT2D eigenvalue weighted by molar-refractivity contribution is 7.89. The molecule has 0 heterocycles. The zero-order chi connectivity index (χ0) is 15.5. The Morgan fingerprint density at radius 1 is 1.30 bits per heavy atom. The second-order valence-electron chi connectivity index (χ2n) is 4.81. The predicted octanol–water partition coefficient (Wildman–Crippen LogP) is 0.971. The molecule has 112 valence electrons. The van der Waals surface area contributed by atoms with E-state index in [0.717, 1.165) is 5.56 Å². The Bertz CT molecular complexity index is 596. The Balaban J connectivity index is 3.28. The van der Waals surface area contributed by atoms with Gasteiger partial charge in [-0.05, 0) is 30.5 Å². The van der Waals surface area contributed by atoms with Crippen molar-refractivity contribution < 1.29 is 17.9 Å². The third kappa shape index (κ3) is 3.71. The summed E-state index contributed by atoms with van der Waals surface area (Å²) in [4.78, 5) is 11.0. The Labute approximate surface area is 119 Å². The zero-order valence-corrected chi connectivity index (χ0v) is 12.8. The van der Waals surface area contributed by atoms with Gasteiger partial charge in [0, 0.05) is 0 Å². The minimum Gasteiger partial charge on any atom is -0.495 e. The van der Waals surface area contributed by atoms with Crippen LogP contribution in [0.5, 0.6) is 5.75 Å². The fourth-order valence-corrected chi connectivity index (χ4v) is 3.03. The van der Waals surface area contributed by atoms with Crippen molar-refractivity contribution in [2.75, 3.05) is 7.11 Å². The average Bonchev–Trinajstić information content (AvgIpc) is 2.37. The smallest absolute Gasteiger partial charge is 0.244 e. The van der Waals surface area contributed by atoms with Crippen molar-refractivity contribution >= 4 is 15.9 Å². The van der Waals surface area contributed by atoms with Gasteiger partial charge in [0.25, 0.3) is 0 Å². The maximum atomic E-state index is 12.3. The number of benzene rings is 1. The average molecular weight is 300 g/mol. The number of methoxy groups -OCH3 is 1. The molecule has 7 heteroatoms. The standard InChI is InChI=1S/C13H20N2O4S/c1-8(2)10-5-6-11(19-4)12(7-10)20(17,18)15-9(3)13(14)16/h5-9,15H,1-4H3,(H2,14,16). The van der Waals surface area contributed by atoms with E-state index in [-0.39, 0.29) is 16.6 Å². The molecule has 0 radical (unpaired) electrons. The van der Waals surface area contributed by atoms with Gasteiger partial charge in [-0.25, -0.2) is 8.42 Å². The van der Waals surface area contributed by atoms with Crippen molar-refractivity contribution in [1.82, 2.24) is 4.72 Å². The van der Waals surface area contributed by atoms with Crippen molar-refractivity contribution in [1.29, 1.82) is 0 Å². The Kier molecular flexibility index (Phi) is 5.13. The van der Waals surface area contributed by atoms with Gasteiger partial charge in [-0.15, -0.1) is 0 Å². The van der Waals surface area contributed by atoms with E-state index in [2.05, 4.69) is 4.72 Å². The molecule has 0 spiro atoms. The number of hydrogen-bond acceptors (Lipinski definition) is 4. The SMILES string of the molecule is COc1ccc(C(C)C)cc1S(=O)(=O)NC(C)C(N)=O. The monoisotopic (exact) mass is 300 g/mol. The lowest BCUT2D eigenvalue weighted by Gasteiger charge is -2.15. The summed E-state index contributed by atoms with van der Waals surface area (Å²) in [5.74, 6) is -0.352. The molecule has 1 aromatic carbocycles. The minimum atomic E-state index is -3.88. The summed E-state index contributed by atoms with van der Waals surface area (Å²) in [6.07, 6.45) is 0. The van der Waals surface area contributed by atoms with Gasteiger partial charge in [0.2, 0.25) is 15.9 Å². The largest absolute Gasteiger partial charge is 0.495 e. The number of hydrogen-bond donors (Lipinski definition) is 2. The minimum absolute atomic E-state index is 0.000648. The summed E-state index contributed by atoms with van der Waals surface area (Å²) in [6, 6.07) is 3.95. The van der Waals surface area contributed by atoms with Crippen LogP contribution in [0.4, 0.5) is 0 Å². The molecule has 0 fully saturated rings. The summed E-state index contributed by atoms with van der Waals surface area (Å²) in [5, 5.41) is 0. The number of sulfonamides is 1. The molecule has 0 saturated carbocycles. The summed E-state index contributed by atoms with van der Waals surface area (Å²) in [6.45, 7) is 5.30. The first-order valence-electron chi connectivity index (χ1n) is 6.18. The van der Waals surface area contributed by atoms with Crippen molar-refractivity contribution in [2.45, 2.75) is 37.6 Å². The summed E-state index contributed by atoms with van der Waals surface area (Å²) >= 11 is 0. The fourth-order valence-electron chi connectivity index (χ4n) is 1.62. The van der Waals surface area contributed by atoms with Crippen LogP contribution in [0, 0.1) is 0 Å². The first-order valence-corrected chi connectivity index (χ1v) is 7.67. The quantitative estimate of drug-likeness (QED) is 0.817. The van der Waals surface area contributed by atoms with Crippen LogP contribution in [0.15, 0.2) is 23.1 Å². The van der Waals surface area contributed by atoms with Gasteiger partial charge in [0.15, 0.2) is 0 Å². The number of ether oxygens (including phenoxy) is 1. The lowest BCUT2D eigenvalue weighted by atomic mass is 10.0. The number of carbonyl (C=O) groups excluding carboxylic acids is 1. The first-order chi connectivity index (χ1) is 9.19. The normalized spacial score (nSPS) is 13.2. The van der Waals surface area contributed by atoms with Crippen LogP contribution < -0.4 is 15.2 Å². The van der Waals surface area contributed by atoms with E-state index in [4.69, 9.17) is 10.5 Å². The molecule has 0 saturated heterocycles. The molecule has 1 rings (SSSR count). The van der Waals surface area contributed by atoms with Crippen molar-refractivity contribution in [3.05, 3.63) is 23.8 Å². The molecular weight excluding hydrogens is 280 g/mol. The molecule has 3 N–H and O–H groups in total. The van der Waals surface area contributed by atoms with Gasteiger partial charge < -0.3 is 10.5 Å². The topological polar surface area (TPSA) is 98.5 Å². The van der Waals surface area contributed by atoms with E-state index in [1.807, 2.05) is 13.8 Å². The molecule has 1 atom stereocenters. The van der Waals surface area contributed by atoms with Gasteiger partial charge in [0.1, 0.15) is 10.6 Å². The fraction of sp³-hybridized carbons (Fsp3) is 0.462. The molecule has 20 heavy (non-hydrogen) atoms. The van der Waals surface area contributed by atoms with Crippen LogP contribution in [0.3, 0.4) is 0 Å². The molecule has 1 unspecified atom stereocenters. The number of nitrogens with one attached hydrogen (secondary N) is 1. The van der Waals surface area contributed by atoms with Crippen LogP contribution >= 0.6 is 0 Å². The van der Waals surface area contributed by atoms with Crippen LogP contribution in [0.25, 0.3) is 0 Å². The number of nitrogens with two attached hydrogens (primary N) is 1. The molecule has 0 aliphatic rings. The van der Waals surface area contributed by atoms with Gasteiger partial charge in [-0.3, -0.25) is 4.79 Å². The van der Waals surface area contributed by atoms with Gasteiger partial charge in [0.05, 0.1) is 13.2 Å². The maximum absolute atomic E-state index is 12.3. The Morgan fingerprint density at radius 2 is 1.90 bits per heavy atom. The second kappa shape index (κ2) is 6.23. The third-order valence-corrected chi connectivity index (χ3v) is 4.46. The highest BCUT2D eigenvalue weighted by atomic mass is 32.2. The highest BCUT2D eigenvalue weighted by Crippen LogP contribution is 2.28. The molecule has 0 bridgehead atoms. The van der Waals surface area contributed by atoms with E-state index in [9.17, 15) is 13.2 Å². The molecule has 0 aliphatic carbocycles. The number of amides is 1. The zero-order valence-electron chi connectivity index (χ0n) is 12.0. The van der Waals surface area contributed by atoms with E-state index < -0.39 is 22.0 Å². The van der Waals surface area contributed by atoms with Crippen molar-refractivity contribution in [2.24, 2.45) is 5.73 Å². The van der Waals surface area contributed by atoms with E-state index in [0.29, 0.717) is 0 Å².